The van der Waals surface area contributed by atoms with Crippen LogP contribution in [0, 0.1) is 0 Å². The van der Waals surface area contributed by atoms with Crippen LogP contribution in [0.3, 0.4) is 0 Å². The molecule has 0 saturated heterocycles. The van der Waals surface area contributed by atoms with Gasteiger partial charge in [-0.15, -0.1) is 12.4 Å². The summed E-state index contributed by atoms with van der Waals surface area (Å²) in [6.07, 6.45) is 4.42. The van der Waals surface area contributed by atoms with Gasteiger partial charge in [-0.1, -0.05) is 55.3 Å². The third-order valence-electron chi connectivity index (χ3n) is 1.06. The van der Waals surface area contributed by atoms with Crippen molar-refractivity contribution in [3.05, 3.63) is 12.2 Å². The second-order valence-corrected chi connectivity index (χ2v) is 7.52. The Kier molecular flexibility index (Phi) is 22.1. The van der Waals surface area contributed by atoms with Crippen molar-refractivity contribution in [2.75, 3.05) is 36.1 Å². The second kappa shape index (κ2) is 17.7. The zero-order valence-electron chi connectivity index (χ0n) is 8.59. The normalized spacial score (nSPS) is 10.5. The van der Waals surface area contributed by atoms with Crippen molar-refractivity contribution in [2.24, 2.45) is 11.5 Å². The monoisotopic (exact) mass is 306 g/mol. The molecule has 4 N–H and O–H groups in total. The Morgan fingerprint density at radius 3 is 1.47 bits per heavy atom. The minimum Gasteiger partial charge on any atom is -0.330 e. The summed E-state index contributed by atoms with van der Waals surface area (Å²) in [5.41, 5.74) is 10.7. The van der Waals surface area contributed by atoms with Gasteiger partial charge < -0.3 is 11.5 Å². The molecule has 0 unspecified atom stereocenters. The molecule has 0 fully saturated rings. The van der Waals surface area contributed by atoms with E-state index < -0.39 is 0 Å². The van der Waals surface area contributed by atoms with Crippen LogP contribution in [0.25, 0.3) is 0 Å². The van der Waals surface area contributed by atoms with Crippen LogP contribution >= 0.6 is 55.6 Å². The molecule has 0 aromatic rings. The maximum absolute atomic E-state index is 5.37. The summed E-state index contributed by atoms with van der Waals surface area (Å²) in [5.74, 6) is 4.23. The van der Waals surface area contributed by atoms with E-state index in [1.807, 2.05) is 43.2 Å². The maximum Gasteiger partial charge on any atom is 0.0218 e. The lowest BCUT2D eigenvalue weighted by Crippen LogP contribution is -1.99. The maximum atomic E-state index is 5.37. The number of nitrogens with two attached hydrogens (primary N) is 2. The quantitative estimate of drug-likeness (QED) is 0.368. The molecule has 0 heterocycles. The van der Waals surface area contributed by atoms with Crippen LogP contribution in [0.4, 0.5) is 0 Å². The molecule has 0 aliphatic carbocycles. The largest absolute Gasteiger partial charge is 0.330 e. The standard InChI is InChI=1S/C8H18N2S4.ClH/c9-3-7-13-11-5-1-2-6-12-14-8-4-10;/h1-2H,3-10H2;1H/b2-1-;. The van der Waals surface area contributed by atoms with Crippen LogP contribution in [-0.4, -0.2) is 36.1 Å². The van der Waals surface area contributed by atoms with E-state index in [0.717, 1.165) is 36.1 Å². The van der Waals surface area contributed by atoms with E-state index in [1.54, 1.807) is 0 Å². The molecule has 0 bridgehead atoms. The summed E-state index contributed by atoms with van der Waals surface area (Å²) in [5, 5.41) is 0. The van der Waals surface area contributed by atoms with Gasteiger partial charge in [0.25, 0.3) is 0 Å². The topological polar surface area (TPSA) is 52.0 Å². The first-order valence-corrected chi connectivity index (χ1v) is 9.43. The third-order valence-corrected chi connectivity index (χ3v) is 5.68. The average molecular weight is 307 g/mol. The molecule has 0 aromatic carbocycles. The fourth-order valence-corrected chi connectivity index (χ4v) is 3.91. The molecular formula is C8H19ClN2S4. The zero-order chi connectivity index (χ0) is 10.5. The molecule has 0 aliphatic rings. The first-order valence-electron chi connectivity index (χ1n) is 4.45. The molecule has 0 amide bonds. The third kappa shape index (κ3) is 17.9. The molecule has 92 valence electrons. The van der Waals surface area contributed by atoms with Crippen molar-refractivity contribution in [1.29, 1.82) is 0 Å². The van der Waals surface area contributed by atoms with Crippen LogP contribution in [0.2, 0.25) is 0 Å². The van der Waals surface area contributed by atoms with Crippen LogP contribution in [0.1, 0.15) is 0 Å². The summed E-state index contributed by atoms with van der Waals surface area (Å²) in [7, 11) is 7.39. The molecule has 15 heavy (non-hydrogen) atoms. The summed E-state index contributed by atoms with van der Waals surface area (Å²) in [6, 6.07) is 0. The number of halogens is 1. The molecule has 0 radical (unpaired) electrons. The van der Waals surface area contributed by atoms with E-state index in [9.17, 15) is 0 Å². The summed E-state index contributed by atoms with van der Waals surface area (Å²) in [6.45, 7) is 1.54. The van der Waals surface area contributed by atoms with Crippen molar-refractivity contribution in [2.45, 2.75) is 0 Å². The Morgan fingerprint density at radius 1 is 0.733 bits per heavy atom. The Bertz CT molecular complexity index is 124. The van der Waals surface area contributed by atoms with Crippen molar-refractivity contribution in [3.8, 4) is 0 Å². The van der Waals surface area contributed by atoms with Gasteiger partial charge in [0.2, 0.25) is 0 Å². The molecule has 0 rings (SSSR count). The summed E-state index contributed by atoms with van der Waals surface area (Å²) >= 11 is 0. The van der Waals surface area contributed by atoms with E-state index in [2.05, 4.69) is 12.2 Å². The number of rotatable bonds is 10. The van der Waals surface area contributed by atoms with E-state index in [1.165, 1.54) is 0 Å². The van der Waals surface area contributed by atoms with E-state index >= 15 is 0 Å². The first kappa shape index (κ1) is 18.7. The van der Waals surface area contributed by atoms with Crippen LogP contribution in [0.15, 0.2) is 12.2 Å². The second-order valence-electron chi connectivity index (χ2n) is 2.26. The van der Waals surface area contributed by atoms with Crippen molar-refractivity contribution in [3.63, 3.8) is 0 Å². The average Bonchev–Trinajstić information content (AvgIpc) is 2.21. The summed E-state index contributed by atoms with van der Waals surface area (Å²) in [4.78, 5) is 0. The van der Waals surface area contributed by atoms with Gasteiger partial charge in [0.15, 0.2) is 0 Å². The van der Waals surface area contributed by atoms with Crippen molar-refractivity contribution in [1.82, 2.24) is 0 Å². The Balaban J connectivity index is 0. The minimum absolute atomic E-state index is 0. The van der Waals surface area contributed by atoms with E-state index in [0.29, 0.717) is 0 Å². The Morgan fingerprint density at radius 2 is 1.13 bits per heavy atom. The highest BCUT2D eigenvalue weighted by Gasteiger charge is 1.86. The predicted octanol–water partition coefficient (Wildman–Crippen LogP) is 2.64. The highest BCUT2D eigenvalue weighted by Crippen LogP contribution is 2.21. The molecule has 0 saturated carbocycles. The smallest absolute Gasteiger partial charge is 0.0218 e. The fourth-order valence-electron chi connectivity index (χ4n) is 0.525. The highest BCUT2D eigenvalue weighted by atomic mass is 35.5. The van der Waals surface area contributed by atoms with Gasteiger partial charge in [-0.2, -0.15) is 0 Å². The molecular weight excluding hydrogens is 288 g/mol. The molecule has 0 aromatic heterocycles. The van der Waals surface area contributed by atoms with E-state index in [4.69, 9.17) is 11.5 Å². The lowest BCUT2D eigenvalue weighted by Gasteiger charge is -1.95. The Hall–Kier alpha value is 1.35. The molecule has 0 spiro atoms. The van der Waals surface area contributed by atoms with Gasteiger partial charge in [0, 0.05) is 36.1 Å². The SMILES string of the molecule is Cl.NCCSSC/C=C\CSSCCN. The van der Waals surface area contributed by atoms with Gasteiger partial charge in [0.1, 0.15) is 0 Å². The first-order chi connectivity index (χ1) is 6.91. The lowest BCUT2D eigenvalue weighted by atomic mass is 10.6. The minimum atomic E-state index is 0. The van der Waals surface area contributed by atoms with Crippen molar-refractivity contribution >= 4 is 55.6 Å². The van der Waals surface area contributed by atoms with Gasteiger partial charge in [-0.05, 0) is 0 Å². The van der Waals surface area contributed by atoms with Crippen LogP contribution < -0.4 is 11.5 Å². The molecule has 2 nitrogen and oxygen atoms in total. The van der Waals surface area contributed by atoms with Crippen molar-refractivity contribution < 1.29 is 0 Å². The van der Waals surface area contributed by atoms with E-state index in [-0.39, 0.29) is 12.4 Å². The number of hydrogen-bond donors (Lipinski definition) is 2. The van der Waals surface area contributed by atoms with Crippen LogP contribution in [0.5, 0.6) is 0 Å². The predicted molar refractivity (Wildman–Crippen MR) is 84.3 cm³/mol. The molecule has 0 atom stereocenters. The number of hydrogen-bond acceptors (Lipinski definition) is 6. The van der Waals surface area contributed by atoms with Gasteiger partial charge in [0.05, 0.1) is 0 Å². The molecule has 0 aliphatic heterocycles. The van der Waals surface area contributed by atoms with Gasteiger partial charge in [-0.25, -0.2) is 0 Å². The zero-order valence-corrected chi connectivity index (χ0v) is 12.7. The fraction of sp³-hybridized carbons (Fsp3) is 0.750. The molecule has 7 heteroatoms. The lowest BCUT2D eigenvalue weighted by molar-refractivity contribution is 1.16. The van der Waals surface area contributed by atoms with Gasteiger partial charge >= 0.3 is 0 Å². The highest BCUT2D eigenvalue weighted by molar-refractivity contribution is 8.77. The summed E-state index contributed by atoms with van der Waals surface area (Å²) < 4.78 is 0. The Labute approximate surface area is 115 Å². The van der Waals surface area contributed by atoms with Crippen LogP contribution in [-0.2, 0) is 0 Å². The van der Waals surface area contributed by atoms with Gasteiger partial charge in [-0.3, -0.25) is 0 Å².